The Hall–Kier alpha value is -4.31. The van der Waals surface area contributed by atoms with Crippen molar-refractivity contribution in [2.45, 2.75) is 38.6 Å². The standard InChI is InChI=1S/C32H35FN2O7/c1-5-18-8-7-9-19(6-2)29(18)34-27(36)16-35-15-22(21-13-25(40-4)31-26(14-21)41-17-42-31)28(32(37)38)30(35)20-10-11-24(39-3)23(33)12-20/h7-14,22,28,30H,5-6,15-17H2,1-4H3,(H,34,36)(H,37,38). The van der Waals surface area contributed by atoms with Gasteiger partial charge in [-0.05, 0) is 59.4 Å². The highest BCUT2D eigenvalue weighted by atomic mass is 19.1. The molecule has 42 heavy (non-hydrogen) atoms. The minimum Gasteiger partial charge on any atom is -0.494 e. The van der Waals surface area contributed by atoms with E-state index >= 15 is 0 Å². The molecular formula is C32H35FN2O7. The number of aryl methyl sites for hydroxylation is 2. The van der Waals surface area contributed by atoms with Crippen molar-refractivity contribution in [1.29, 1.82) is 0 Å². The molecule has 0 radical (unpaired) electrons. The van der Waals surface area contributed by atoms with Crippen molar-refractivity contribution < 1.29 is 38.0 Å². The van der Waals surface area contributed by atoms with E-state index in [0.717, 1.165) is 29.7 Å². The Morgan fingerprint density at radius 3 is 2.33 bits per heavy atom. The van der Waals surface area contributed by atoms with Crippen molar-refractivity contribution in [3.8, 4) is 23.0 Å². The summed E-state index contributed by atoms with van der Waals surface area (Å²) < 4.78 is 36.7. The van der Waals surface area contributed by atoms with Crippen molar-refractivity contribution in [2.24, 2.45) is 5.92 Å². The number of para-hydroxylation sites is 1. The van der Waals surface area contributed by atoms with E-state index in [1.54, 1.807) is 23.1 Å². The molecule has 222 valence electrons. The maximum atomic E-state index is 14.9. The lowest BCUT2D eigenvalue weighted by Crippen LogP contribution is -2.35. The molecule has 0 spiro atoms. The molecule has 1 fully saturated rings. The molecule has 3 aromatic rings. The lowest BCUT2D eigenvalue weighted by atomic mass is 9.82. The lowest BCUT2D eigenvalue weighted by Gasteiger charge is -2.27. The maximum Gasteiger partial charge on any atom is 0.309 e. The van der Waals surface area contributed by atoms with Gasteiger partial charge in [-0.3, -0.25) is 14.5 Å². The quantitative estimate of drug-likeness (QED) is 0.339. The second-order valence-electron chi connectivity index (χ2n) is 10.4. The average molecular weight is 579 g/mol. The molecule has 3 atom stereocenters. The average Bonchev–Trinajstić information content (AvgIpc) is 3.61. The van der Waals surface area contributed by atoms with E-state index in [2.05, 4.69) is 5.32 Å². The predicted molar refractivity (Wildman–Crippen MR) is 154 cm³/mol. The molecule has 3 aromatic carbocycles. The van der Waals surface area contributed by atoms with Gasteiger partial charge in [0, 0.05) is 24.2 Å². The Balaban J connectivity index is 1.54. The highest BCUT2D eigenvalue weighted by Crippen LogP contribution is 2.50. The van der Waals surface area contributed by atoms with Gasteiger partial charge in [0.15, 0.2) is 23.1 Å². The summed E-state index contributed by atoms with van der Waals surface area (Å²) in [5, 5.41) is 13.6. The fraction of sp³-hybridized carbons (Fsp3) is 0.375. The highest BCUT2D eigenvalue weighted by Gasteiger charge is 2.48. The molecule has 0 aliphatic carbocycles. The first kappa shape index (κ1) is 29.2. The number of hydrogen-bond donors (Lipinski definition) is 2. The van der Waals surface area contributed by atoms with Gasteiger partial charge in [-0.15, -0.1) is 0 Å². The van der Waals surface area contributed by atoms with Crippen LogP contribution in [0.25, 0.3) is 0 Å². The number of fused-ring (bicyclic) bond motifs is 1. The molecular weight excluding hydrogens is 543 g/mol. The van der Waals surface area contributed by atoms with Crippen LogP contribution in [0.1, 0.15) is 48.1 Å². The summed E-state index contributed by atoms with van der Waals surface area (Å²) in [6.07, 6.45) is 1.49. The van der Waals surface area contributed by atoms with E-state index in [-0.39, 0.29) is 31.5 Å². The number of methoxy groups -OCH3 is 2. The van der Waals surface area contributed by atoms with E-state index < -0.39 is 29.7 Å². The number of likely N-dealkylation sites (tertiary alicyclic amines) is 1. The number of halogens is 1. The normalized spacial score (nSPS) is 19.5. The van der Waals surface area contributed by atoms with Crippen LogP contribution in [0.3, 0.4) is 0 Å². The third-order valence-electron chi connectivity index (χ3n) is 8.12. The van der Waals surface area contributed by atoms with Gasteiger partial charge in [-0.25, -0.2) is 4.39 Å². The SMILES string of the molecule is CCc1cccc(CC)c1NC(=O)CN1CC(c2cc(OC)c3c(c2)OCO3)C(C(=O)O)C1c1ccc(OC)c(F)c1. The van der Waals surface area contributed by atoms with Gasteiger partial charge in [0.25, 0.3) is 0 Å². The number of benzene rings is 3. The largest absolute Gasteiger partial charge is 0.494 e. The van der Waals surface area contributed by atoms with Gasteiger partial charge in [0.05, 0.1) is 26.7 Å². The summed E-state index contributed by atoms with van der Waals surface area (Å²) in [5.41, 5.74) is 3.92. The van der Waals surface area contributed by atoms with E-state index in [1.807, 2.05) is 32.0 Å². The summed E-state index contributed by atoms with van der Waals surface area (Å²) in [6.45, 7) is 4.21. The van der Waals surface area contributed by atoms with Crippen LogP contribution in [-0.2, 0) is 22.4 Å². The smallest absolute Gasteiger partial charge is 0.309 e. The Morgan fingerprint density at radius 1 is 1.00 bits per heavy atom. The highest BCUT2D eigenvalue weighted by molar-refractivity contribution is 5.94. The summed E-state index contributed by atoms with van der Waals surface area (Å²) in [7, 11) is 2.87. The Bertz CT molecular complexity index is 1470. The maximum absolute atomic E-state index is 14.9. The van der Waals surface area contributed by atoms with E-state index in [1.165, 1.54) is 26.4 Å². The second-order valence-corrected chi connectivity index (χ2v) is 10.4. The first-order valence-corrected chi connectivity index (χ1v) is 14.0. The number of amides is 1. The molecule has 0 aromatic heterocycles. The van der Waals surface area contributed by atoms with Gasteiger partial charge in [0.2, 0.25) is 18.4 Å². The van der Waals surface area contributed by atoms with E-state index in [9.17, 15) is 19.1 Å². The van der Waals surface area contributed by atoms with Crippen LogP contribution >= 0.6 is 0 Å². The molecule has 2 N–H and O–H groups in total. The van der Waals surface area contributed by atoms with Gasteiger partial charge in [0.1, 0.15) is 0 Å². The fourth-order valence-electron chi connectivity index (χ4n) is 6.13. The van der Waals surface area contributed by atoms with Crippen molar-refractivity contribution >= 4 is 17.6 Å². The zero-order valence-electron chi connectivity index (χ0n) is 24.1. The molecule has 1 amide bonds. The van der Waals surface area contributed by atoms with Gasteiger partial charge >= 0.3 is 5.97 Å². The third kappa shape index (κ3) is 5.46. The Labute approximate surface area is 244 Å². The van der Waals surface area contributed by atoms with Crippen LogP contribution in [0.15, 0.2) is 48.5 Å². The first-order valence-electron chi connectivity index (χ1n) is 14.0. The summed E-state index contributed by atoms with van der Waals surface area (Å²) in [4.78, 5) is 28.3. The molecule has 2 aliphatic rings. The number of carbonyl (C=O) groups excluding carboxylic acids is 1. The molecule has 1 saturated heterocycles. The van der Waals surface area contributed by atoms with Crippen molar-refractivity contribution in [3.63, 3.8) is 0 Å². The third-order valence-corrected chi connectivity index (χ3v) is 8.12. The lowest BCUT2D eigenvalue weighted by molar-refractivity contribution is -0.143. The van der Waals surface area contributed by atoms with Crippen LogP contribution in [0.4, 0.5) is 10.1 Å². The number of nitrogens with zero attached hydrogens (tertiary/aromatic N) is 1. The van der Waals surface area contributed by atoms with Crippen LogP contribution in [-0.4, -0.2) is 56.0 Å². The number of nitrogens with one attached hydrogen (secondary N) is 1. The van der Waals surface area contributed by atoms with Gasteiger partial charge in [-0.2, -0.15) is 0 Å². The molecule has 0 bridgehead atoms. The first-order chi connectivity index (χ1) is 20.3. The zero-order valence-corrected chi connectivity index (χ0v) is 24.1. The number of anilines is 1. The number of ether oxygens (including phenoxy) is 4. The molecule has 10 heteroatoms. The van der Waals surface area contributed by atoms with Gasteiger partial charge < -0.3 is 29.4 Å². The number of carboxylic acids is 1. The molecule has 3 unspecified atom stereocenters. The number of carbonyl (C=O) groups is 2. The minimum absolute atomic E-state index is 0.0290. The van der Waals surface area contributed by atoms with Crippen LogP contribution < -0.4 is 24.3 Å². The zero-order chi connectivity index (χ0) is 30.0. The fourth-order valence-corrected chi connectivity index (χ4v) is 6.13. The van der Waals surface area contributed by atoms with Crippen molar-refractivity contribution in [1.82, 2.24) is 4.90 Å². The predicted octanol–water partition coefficient (Wildman–Crippen LogP) is 5.18. The van der Waals surface area contributed by atoms with E-state index in [4.69, 9.17) is 18.9 Å². The monoisotopic (exact) mass is 578 g/mol. The number of rotatable bonds is 10. The van der Waals surface area contributed by atoms with Crippen LogP contribution in [0.5, 0.6) is 23.0 Å². The second kappa shape index (κ2) is 12.3. The van der Waals surface area contributed by atoms with Crippen LogP contribution in [0.2, 0.25) is 0 Å². The molecule has 9 nitrogen and oxygen atoms in total. The Kier molecular flexibility index (Phi) is 8.54. The molecule has 2 heterocycles. The Morgan fingerprint density at radius 2 is 1.71 bits per heavy atom. The van der Waals surface area contributed by atoms with Gasteiger partial charge in [-0.1, -0.05) is 38.1 Å². The minimum atomic E-state index is -1.06. The summed E-state index contributed by atoms with van der Waals surface area (Å²) in [5.74, 6) is -2.14. The van der Waals surface area contributed by atoms with E-state index in [0.29, 0.717) is 28.4 Å². The molecule has 5 rings (SSSR count). The number of carboxylic acid groups (broad SMARTS) is 1. The van der Waals surface area contributed by atoms with Crippen molar-refractivity contribution in [3.05, 3.63) is 76.6 Å². The molecule has 0 saturated carbocycles. The molecule has 2 aliphatic heterocycles. The number of hydrogen-bond acceptors (Lipinski definition) is 7. The summed E-state index contributed by atoms with van der Waals surface area (Å²) in [6, 6.07) is 13.1. The number of aliphatic carboxylic acids is 1. The van der Waals surface area contributed by atoms with Crippen LogP contribution in [0, 0.1) is 11.7 Å². The van der Waals surface area contributed by atoms with Crippen molar-refractivity contribution in [2.75, 3.05) is 39.4 Å². The topological polar surface area (TPSA) is 107 Å². The summed E-state index contributed by atoms with van der Waals surface area (Å²) >= 11 is 0.